The third kappa shape index (κ3) is 3.25. The summed E-state index contributed by atoms with van der Waals surface area (Å²) in [7, 11) is 0. The number of nitrogens with zero attached hydrogens (tertiary/aromatic N) is 1. The molecule has 21 heavy (non-hydrogen) atoms. The first-order chi connectivity index (χ1) is 9.88. The van der Waals surface area contributed by atoms with E-state index >= 15 is 0 Å². The highest BCUT2D eigenvalue weighted by atomic mass is 19.1. The van der Waals surface area contributed by atoms with Gasteiger partial charge >= 0.3 is 5.63 Å². The van der Waals surface area contributed by atoms with E-state index in [9.17, 15) is 24.4 Å². The Kier molecular flexibility index (Phi) is 4.02. The SMILES string of the molecule is Cc1cc(O)c(C(C[N+](=O)[O-])c2ccc(F)cc2)c(=O)o1. The molecule has 110 valence electrons. The third-order valence-corrected chi connectivity index (χ3v) is 3.04. The van der Waals surface area contributed by atoms with Gasteiger partial charge in [-0.1, -0.05) is 12.1 Å². The van der Waals surface area contributed by atoms with E-state index in [2.05, 4.69) is 0 Å². The molecule has 2 rings (SSSR count). The molecular formula is C14H12FNO5. The van der Waals surface area contributed by atoms with Gasteiger partial charge in [0.05, 0.1) is 11.5 Å². The van der Waals surface area contributed by atoms with Gasteiger partial charge in [0.1, 0.15) is 17.3 Å². The Morgan fingerprint density at radius 1 is 1.38 bits per heavy atom. The summed E-state index contributed by atoms with van der Waals surface area (Å²) in [5.41, 5.74) is -0.702. The molecule has 0 aliphatic carbocycles. The van der Waals surface area contributed by atoms with Crippen LogP contribution in [0.25, 0.3) is 0 Å². The van der Waals surface area contributed by atoms with E-state index in [0.717, 1.165) is 12.1 Å². The van der Waals surface area contributed by atoms with Crippen LogP contribution in [-0.4, -0.2) is 16.6 Å². The van der Waals surface area contributed by atoms with E-state index in [0.29, 0.717) is 5.56 Å². The molecule has 0 saturated heterocycles. The molecule has 0 aliphatic heterocycles. The van der Waals surface area contributed by atoms with Crippen molar-refractivity contribution in [3.05, 3.63) is 73.6 Å². The fourth-order valence-corrected chi connectivity index (χ4v) is 2.13. The monoisotopic (exact) mass is 293 g/mol. The highest BCUT2D eigenvalue weighted by molar-refractivity contribution is 5.39. The van der Waals surface area contributed by atoms with Gasteiger partial charge < -0.3 is 9.52 Å². The van der Waals surface area contributed by atoms with Crippen LogP contribution in [0.5, 0.6) is 5.75 Å². The Hall–Kier alpha value is -2.70. The van der Waals surface area contributed by atoms with E-state index in [1.165, 1.54) is 25.1 Å². The number of nitro groups is 1. The molecule has 0 fully saturated rings. The molecule has 0 aliphatic rings. The summed E-state index contributed by atoms with van der Waals surface area (Å²) < 4.78 is 17.8. The predicted octanol–water partition coefficient (Wildman–Crippen LogP) is 2.20. The Bertz CT molecular complexity index is 723. The van der Waals surface area contributed by atoms with Crippen molar-refractivity contribution in [3.63, 3.8) is 0 Å². The second kappa shape index (κ2) is 5.74. The largest absolute Gasteiger partial charge is 0.507 e. The van der Waals surface area contributed by atoms with Crippen LogP contribution in [0.1, 0.15) is 22.8 Å². The Morgan fingerprint density at radius 3 is 2.52 bits per heavy atom. The van der Waals surface area contributed by atoms with Crippen molar-refractivity contribution in [2.45, 2.75) is 12.8 Å². The van der Waals surface area contributed by atoms with Crippen molar-refractivity contribution in [2.75, 3.05) is 6.54 Å². The van der Waals surface area contributed by atoms with Gasteiger partial charge in [0.25, 0.3) is 0 Å². The van der Waals surface area contributed by atoms with Gasteiger partial charge in [0.2, 0.25) is 6.54 Å². The normalized spacial score (nSPS) is 12.1. The smallest absolute Gasteiger partial charge is 0.343 e. The Morgan fingerprint density at radius 2 is 2.00 bits per heavy atom. The van der Waals surface area contributed by atoms with E-state index in [1.807, 2.05) is 0 Å². The second-order valence-electron chi connectivity index (χ2n) is 4.56. The molecule has 1 atom stereocenters. The van der Waals surface area contributed by atoms with Gasteiger partial charge in [0.15, 0.2) is 0 Å². The van der Waals surface area contributed by atoms with Gasteiger partial charge in [-0.15, -0.1) is 0 Å². The molecule has 2 aromatic rings. The lowest BCUT2D eigenvalue weighted by molar-refractivity contribution is -0.481. The summed E-state index contributed by atoms with van der Waals surface area (Å²) in [4.78, 5) is 22.1. The van der Waals surface area contributed by atoms with E-state index in [1.54, 1.807) is 0 Å². The molecule has 1 aromatic heterocycles. The van der Waals surface area contributed by atoms with E-state index in [4.69, 9.17) is 4.42 Å². The Balaban J connectivity index is 2.58. The quantitative estimate of drug-likeness (QED) is 0.689. The molecule has 6 nitrogen and oxygen atoms in total. The molecule has 1 heterocycles. The number of aromatic hydroxyl groups is 1. The molecule has 1 N–H and O–H groups in total. The number of rotatable bonds is 4. The zero-order chi connectivity index (χ0) is 15.6. The zero-order valence-electron chi connectivity index (χ0n) is 11.1. The molecule has 0 amide bonds. The van der Waals surface area contributed by atoms with Crippen molar-refractivity contribution in [3.8, 4) is 5.75 Å². The van der Waals surface area contributed by atoms with Crippen molar-refractivity contribution < 1.29 is 18.8 Å². The molecule has 1 unspecified atom stereocenters. The lowest BCUT2D eigenvalue weighted by atomic mass is 9.91. The van der Waals surface area contributed by atoms with Gasteiger partial charge in [-0.3, -0.25) is 10.1 Å². The predicted molar refractivity (Wildman–Crippen MR) is 71.5 cm³/mol. The van der Waals surface area contributed by atoms with Crippen LogP contribution < -0.4 is 5.63 Å². The van der Waals surface area contributed by atoms with Gasteiger partial charge in [-0.2, -0.15) is 0 Å². The number of hydrogen-bond acceptors (Lipinski definition) is 5. The van der Waals surface area contributed by atoms with E-state index < -0.39 is 28.8 Å². The zero-order valence-corrected chi connectivity index (χ0v) is 11.1. The first-order valence-corrected chi connectivity index (χ1v) is 6.09. The molecule has 1 aromatic carbocycles. The number of hydrogen-bond donors (Lipinski definition) is 1. The van der Waals surface area contributed by atoms with Crippen LogP contribution in [0.15, 0.2) is 39.5 Å². The topological polar surface area (TPSA) is 93.6 Å². The minimum Gasteiger partial charge on any atom is -0.507 e. The maximum absolute atomic E-state index is 13.0. The summed E-state index contributed by atoms with van der Waals surface area (Å²) in [6, 6.07) is 6.15. The standard InChI is InChI=1S/C14H12FNO5/c1-8-6-12(17)13(14(18)21-8)11(7-16(19)20)9-2-4-10(15)5-3-9/h2-6,11,17H,7H2,1H3. The van der Waals surface area contributed by atoms with Crippen LogP contribution in [0, 0.1) is 22.9 Å². The van der Waals surface area contributed by atoms with Crippen molar-refractivity contribution >= 4 is 0 Å². The average molecular weight is 293 g/mol. The maximum Gasteiger partial charge on any atom is 0.343 e. The lowest BCUT2D eigenvalue weighted by Gasteiger charge is -2.14. The van der Waals surface area contributed by atoms with Crippen LogP contribution in [0.3, 0.4) is 0 Å². The number of aryl methyl sites for hydroxylation is 1. The first-order valence-electron chi connectivity index (χ1n) is 6.09. The average Bonchev–Trinajstić information content (AvgIpc) is 2.37. The van der Waals surface area contributed by atoms with Crippen molar-refractivity contribution in [1.29, 1.82) is 0 Å². The molecule has 0 bridgehead atoms. The Labute approximate surface area is 118 Å². The number of benzene rings is 1. The van der Waals surface area contributed by atoms with Gasteiger partial charge in [0, 0.05) is 11.0 Å². The minimum atomic E-state index is -1.02. The van der Waals surface area contributed by atoms with Crippen LogP contribution >= 0.6 is 0 Å². The molecule has 0 spiro atoms. The van der Waals surface area contributed by atoms with Gasteiger partial charge in [-0.05, 0) is 24.6 Å². The van der Waals surface area contributed by atoms with Crippen LogP contribution in [0.4, 0.5) is 4.39 Å². The summed E-state index contributed by atoms with van der Waals surface area (Å²) in [5, 5.41) is 20.7. The molecular weight excluding hydrogens is 281 g/mol. The highest BCUT2D eigenvalue weighted by Gasteiger charge is 2.27. The second-order valence-corrected chi connectivity index (χ2v) is 4.56. The van der Waals surface area contributed by atoms with Crippen molar-refractivity contribution in [2.24, 2.45) is 0 Å². The van der Waals surface area contributed by atoms with Crippen LogP contribution in [0.2, 0.25) is 0 Å². The fourth-order valence-electron chi connectivity index (χ4n) is 2.13. The molecule has 0 saturated carbocycles. The molecule has 0 radical (unpaired) electrons. The first kappa shape index (κ1) is 14.7. The minimum absolute atomic E-state index is 0.195. The summed E-state index contributed by atoms with van der Waals surface area (Å²) in [6.45, 7) is 0.859. The van der Waals surface area contributed by atoms with Crippen LogP contribution in [-0.2, 0) is 0 Å². The summed E-state index contributed by atoms with van der Waals surface area (Å²) in [5.74, 6) is -1.70. The number of halogens is 1. The third-order valence-electron chi connectivity index (χ3n) is 3.04. The molecule has 7 heteroatoms. The lowest BCUT2D eigenvalue weighted by Crippen LogP contribution is -2.21. The summed E-state index contributed by atoms with van der Waals surface area (Å²) >= 11 is 0. The van der Waals surface area contributed by atoms with Gasteiger partial charge in [-0.25, -0.2) is 9.18 Å². The maximum atomic E-state index is 13.0. The van der Waals surface area contributed by atoms with E-state index in [-0.39, 0.29) is 17.1 Å². The fraction of sp³-hybridized carbons (Fsp3) is 0.214. The van der Waals surface area contributed by atoms with Crippen molar-refractivity contribution in [1.82, 2.24) is 0 Å². The highest BCUT2D eigenvalue weighted by Crippen LogP contribution is 2.29. The summed E-state index contributed by atoms with van der Waals surface area (Å²) in [6.07, 6.45) is 0.